The van der Waals surface area contributed by atoms with Crippen LogP contribution >= 0.6 is 0 Å². The summed E-state index contributed by atoms with van der Waals surface area (Å²) in [4.78, 5) is 14.1. The lowest BCUT2D eigenvalue weighted by molar-refractivity contribution is 0.0561. The molecule has 1 unspecified atom stereocenters. The molecule has 5 nitrogen and oxygen atoms in total. The molecule has 5 heteroatoms. The number of hydrogen-bond donors (Lipinski definition) is 1. The third-order valence-corrected chi connectivity index (χ3v) is 3.78. The summed E-state index contributed by atoms with van der Waals surface area (Å²) in [7, 11) is 1.38. The van der Waals surface area contributed by atoms with Crippen molar-refractivity contribution in [2.75, 3.05) is 26.7 Å². The predicted octanol–water partition coefficient (Wildman–Crippen LogP) is 2.28. The van der Waals surface area contributed by atoms with Crippen molar-refractivity contribution in [3.05, 3.63) is 23.7 Å². The molecule has 2 rings (SSSR count). The Balaban J connectivity index is 2.03. The Morgan fingerprint density at radius 3 is 3.00 bits per heavy atom. The summed E-state index contributed by atoms with van der Waals surface area (Å²) in [6, 6.07) is 2.42. The van der Waals surface area contributed by atoms with Crippen molar-refractivity contribution in [3.63, 3.8) is 0 Å². The van der Waals surface area contributed by atoms with E-state index < -0.39 is 5.97 Å². The van der Waals surface area contributed by atoms with Crippen molar-refractivity contribution in [2.45, 2.75) is 39.3 Å². The standard InChI is InChI=1S/C16H26N2O3/c1-12(2)9-18(11-14-5-4-7-17-14)10-13-6-8-21-15(13)16(19)20-3/h6,8,12,14,17H,4-5,7,9-11H2,1-3H3. The second kappa shape index (κ2) is 7.61. The van der Waals surface area contributed by atoms with Gasteiger partial charge >= 0.3 is 5.97 Å². The van der Waals surface area contributed by atoms with Crippen LogP contribution in [0.4, 0.5) is 0 Å². The lowest BCUT2D eigenvalue weighted by Gasteiger charge is -2.27. The fourth-order valence-corrected chi connectivity index (χ4v) is 2.92. The van der Waals surface area contributed by atoms with E-state index in [1.165, 1.54) is 20.0 Å². The Bertz CT molecular complexity index is 450. The third kappa shape index (κ3) is 4.58. The molecule has 0 amide bonds. The first-order valence-electron chi connectivity index (χ1n) is 7.70. The van der Waals surface area contributed by atoms with E-state index in [0.717, 1.165) is 31.7 Å². The molecule has 1 aliphatic heterocycles. The van der Waals surface area contributed by atoms with Gasteiger partial charge in [0, 0.05) is 31.2 Å². The van der Waals surface area contributed by atoms with Gasteiger partial charge in [-0.2, -0.15) is 0 Å². The normalized spacial score (nSPS) is 18.6. The summed E-state index contributed by atoms with van der Waals surface area (Å²) in [5, 5.41) is 3.53. The third-order valence-electron chi connectivity index (χ3n) is 3.78. The SMILES string of the molecule is COC(=O)c1occc1CN(CC(C)C)CC1CCCN1. The van der Waals surface area contributed by atoms with Crippen molar-refractivity contribution >= 4 is 5.97 Å². The minimum atomic E-state index is -0.404. The maximum absolute atomic E-state index is 11.7. The molecule has 0 spiro atoms. The van der Waals surface area contributed by atoms with Crippen molar-refractivity contribution < 1.29 is 13.9 Å². The van der Waals surface area contributed by atoms with Crippen LogP contribution < -0.4 is 5.32 Å². The molecule has 1 fully saturated rings. The van der Waals surface area contributed by atoms with E-state index >= 15 is 0 Å². The summed E-state index contributed by atoms with van der Waals surface area (Å²) >= 11 is 0. The lowest BCUT2D eigenvalue weighted by atomic mass is 10.1. The number of hydrogen-bond acceptors (Lipinski definition) is 5. The Morgan fingerprint density at radius 1 is 1.57 bits per heavy atom. The highest BCUT2D eigenvalue weighted by Crippen LogP contribution is 2.17. The van der Waals surface area contributed by atoms with Gasteiger partial charge in [0.15, 0.2) is 0 Å². The topological polar surface area (TPSA) is 54.7 Å². The summed E-state index contributed by atoms with van der Waals surface area (Å²) < 4.78 is 10.0. The first-order chi connectivity index (χ1) is 10.1. The van der Waals surface area contributed by atoms with Crippen molar-refractivity contribution in [2.24, 2.45) is 5.92 Å². The zero-order chi connectivity index (χ0) is 15.2. The molecular formula is C16H26N2O3. The number of carbonyl (C=O) groups is 1. The van der Waals surface area contributed by atoms with E-state index in [4.69, 9.17) is 9.15 Å². The average Bonchev–Trinajstić information content (AvgIpc) is 3.08. The van der Waals surface area contributed by atoms with Gasteiger partial charge in [0.25, 0.3) is 0 Å². The van der Waals surface area contributed by atoms with E-state index in [9.17, 15) is 4.79 Å². The van der Waals surface area contributed by atoms with Crippen LogP contribution in [-0.2, 0) is 11.3 Å². The lowest BCUT2D eigenvalue weighted by Crippen LogP contribution is -2.39. The summed E-state index contributed by atoms with van der Waals surface area (Å²) in [6.45, 7) is 8.27. The number of esters is 1. The van der Waals surface area contributed by atoms with Gasteiger partial charge in [0.05, 0.1) is 13.4 Å². The number of rotatable bonds is 7. The molecule has 1 aromatic heterocycles. The molecule has 0 radical (unpaired) electrons. The number of methoxy groups -OCH3 is 1. The van der Waals surface area contributed by atoms with E-state index in [-0.39, 0.29) is 0 Å². The first kappa shape index (κ1) is 16.0. The monoisotopic (exact) mass is 294 g/mol. The maximum atomic E-state index is 11.7. The van der Waals surface area contributed by atoms with Gasteiger partial charge in [0.1, 0.15) is 0 Å². The van der Waals surface area contributed by atoms with Crippen LogP contribution in [0.2, 0.25) is 0 Å². The van der Waals surface area contributed by atoms with E-state index in [1.807, 2.05) is 6.07 Å². The Labute approximate surface area is 126 Å². The Kier molecular flexibility index (Phi) is 5.82. The Hall–Kier alpha value is -1.33. The van der Waals surface area contributed by atoms with Crippen LogP contribution in [-0.4, -0.2) is 43.7 Å². The molecule has 0 saturated carbocycles. The fourth-order valence-electron chi connectivity index (χ4n) is 2.92. The molecule has 1 aromatic rings. The van der Waals surface area contributed by atoms with Crippen LogP contribution in [0.15, 0.2) is 16.7 Å². The largest absolute Gasteiger partial charge is 0.463 e. The van der Waals surface area contributed by atoms with E-state index in [2.05, 4.69) is 24.1 Å². The summed E-state index contributed by atoms with van der Waals surface area (Å²) in [5.74, 6) is 0.504. The molecule has 118 valence electrons. The second-order valence-corrected chi connectivity index (χ2v) is 6.15. The molecular weight excluding hydrogens is 268 g/mol. The highest BCUT2D eigenvalue weighted by atomic mass is 16.5. The molecule has 0 aliphatic carbocycles. The van der Waals surface area contributed by atoms with E-state index in [0.29, 0.717) is 17.7 Å². The van der Waals surface area contributed by atoms with E-state index in [1.54, 1.807) is 6.26 Å². The van der Waals surface area contributed by atoms with Gasteiger partial charge in [-0.15, -0.1) is 0 Å². The zero-order valence-corrected chi connectivity index (χ0v) is 13.2. The molecule has 1 N–H and O–H groups in total. The number of nitrogens with one attached hydrogen (secondary N) is 1. The molecule has 1 saturated heterocycles. The van der Waals surface area contributed by atoms with Crippen LogP contribution in [0.3, 0.4) is 0 Å². The van der Waals surface area contributed by atoms with Crippen LogP contribution in [0.1, 0.15) is 42.8 Å². The smallest absolute Gasteiger partial charge is 0.374 e. The van der Waals surface area contributed by atoms with Gasteiger partial charge in [-0.25, -0.2) is 4.79 Å². The molecule has 0 bridgehead atoms. The van der Waals surface area contributed by atoms with Gasteiger partial charge in [-0.05, 0) is 31.4 Å². The Morgan fingerprint density at radius 2 is 2.38 bits per heavy atom. The summed E-state index contributed by atoms with van der Waals surface area (Å²) in [6.07, 6.45) is 4.03. The quantitative estimate of drug-likeness (QED) is 0.782. The van der Waals surface area contributed by atoms with Gasteiger partial charge in [-0.3, -0.25) is 4.90 Å². The zero-order valence-electron chi connectivity index (χ0n) is 13.2. The van der Waals surface area contributed by atoms with Crippen molar-refractivity contribution in [3.8, 4) is 0 Å². The van der Waals surface area contributed by atoms with Gasteiger partial charge < -0.3 is 14.5 Å². The number of furan rings is 1. The maximum Gasteiger partial charge on any atom is 0.374 e. The van der Waals surface area contributed by atoms with Crippen LogP contribution in [0.5, 0.6) is 0 Å². The number of ether oxygens (including phenoxy) is 1. The predicted molar refractivity (Wildman–Crippen MR) is 81.2 cm³/mol. The van der Waals surface area contributed by atoms with Crippen LogP contribution in [0.25, 0.3) is 0 Å². The van der Waals surface area contributed by atoms with Gasteiger partial charge in [-0.1, -0.05) is 13.8 Å². The molecule has 21 heavy (non-hydrogen) atoms. The van der Waals surface area contributed by atoms with Gasteiger partial charge in [0.2, 0.25) is 5.76 Å². The highest BCUT2D eigenvalue weighted by Gasteiger charge is 2.22. The molecule has 0 aromatic carbocycles. The van der Waals surface area contributed by atoms with Crippen molar-refractivity contribution in [1.29, 1.82) is 0 Å². The minimum Gasteiger partial charge on any atom is -0.463 e. The average molecular weight is 294 g/mol. The van der Waals surface area contributed by atoms with Crippen LogP contribution in [0, 0.1) is 5.92 Å². The molecule has 1 aliphatic rings. The molecule has 1 atom stereocenters. The fraction of sp³-hybridized carbons (Fsp3) is 0.688. The highest BCUT2D eigenvalue weighted by molar-refractivity contribution is 5.87. The second-order valence-electron chi connectivity index (χ2n) is 6.15. The number of nitrogens with zero attached hydrogens (tertiary/aromatic N) is 1. The summed E-state index contributed by atoms with van der Waals surface area (Å²) in [5.41, 5.74) is 0.903. The first-order valence-corrected chi connectivity index (χ1v) is 7.70. The minimum absolute atomic E-state index is 0.325. The number of carbonyl (C=O) groups excluding carboxylic acids is 1. The van der Waals surface area contributed by atoms with Crippen molar-refractivity contribution in [1.82, 2.24) is 10.2 Å². The molecule has 2 heterocycles.